The maximum Gasteiger partial charge on any atom is 0.397 e. The Morgan fingerprint density at radius 1 is 0.792 bits per heavy atom. The molecule has 0 saturated heterocycles. The highest BCUT2D eigenvalue weighted by Gasteiger charge is 2.69. The van der Waals surface area contributed by atoms with Gasteiger partial charge < -0.3 is 0 Å². The normalized spacial score (nSPS) is 18.4. The second-order valence-corrected chi connectivity index (χ2v) is 13.1. The molecule has 1 unspecified atom stereocenters. The van der Waals surface area contributed by atoms with E-state index in [0.29, 0.717) is 0 Å². The molecule has 0 spiro atoms. The first-order valence-electron chi connectivity index (χ1n) is 7.60. The van der Waals surface area contributed by atoms with E-state index in [1.54, 1.807) is 13.8 Å². The van der Waals surface area contributed by atoms with Gasteiger partial charge in [-0.05, 0) is 62.1 Å². The minimum Gasteiger partial charge on any atom is -0.231 e. The number of sulfone groups is 1. The van der Waals surface area contributed by atoms with Gasteiger partial charge in [-0.2, -0.15) is 13.2 Å². The first kappa shape index (κ1) is 24.4. The van der Waals surface area contributed by atoms with Gasteiger partial charge in [-0.25, -0.2) is 12.8 Å². The van der Waals surface area contributed by atoms with Crippen LogP contribution in [-0.4, -0.2) is 29.3 Å². The fourth-order valence-corrected chi connectivity index (χ4v) is 4.46. The molecule has 0 radical (unpaired) electrons. The lowest BCUT2D eigenvalue weighted by molar-refractivity contribution is -0.256. The van der Waals surface area contributed by atoms with Gasteiger partial charge in [0, 0.05) is 11.7 Å². The smallest absolute Gasteiger partial charge is 0.231 e. The second-order valence-electron chi connectivity index (χ2n) is 8.91. The van der Waals surface area contributed by atoms with Crippen LogP contribution in [0.2, 0.25) is 0 Å². The van der Waals surface area contributed by atoms with E-state index in [4.69, 9.17) is 0 Å². The van der Waals surface area contributed by atoms with Gasteiger partial charge in [0.2, 0.25) is 0 Å². The van der Waals surface area contributed by atoms with Crippen molar-refractivity contribution in [1.82, 2.24) is 0 Å². The molecule has 0 aliphatic rings. The summed E-state index contributed by atoms with van der Waals surface area (Å²) in [5, 5.41) is 0. The van der Waals surface area contributed by atoms with E-state index >= 15 is 4.39 Å². The number of alkyl halides is 5. The zero-order valence-electron chi connectivity index (χ0n) is 15.8. The SMILES string of the molecule is CC(C)(CC(C)(C)S(C)(=O)=O)C(C)(C)C(F)(I)C(C)(C)C(F)(F)F. The van der Waals surface area contributed by atoms with Gasteiger partial charge in [0.25, 0.3) is 0 Å². The molecule has 1 atom stereocenters. The molecule has 8 heteroatoms. The van der Waals surface area contributed by atoms with Crippen LogP contribution < -0.4 is 0 Å². The predicted molar refractivity (Wildman–Crippen MR) is 98.8 cm³/mol. The zero-order chi connectivity index (χ0) is 20.2. The van der Waals surface area contributed by atoms with Gasteiger partial charge >= 0.3 is 6.18 Å². The van der Waals surface area contributed by atoms with Crippen LogP contribution in [0.4, 0.5) is 17.6 Å². The zero-order valence-corrected chi connectivity index (χ0v) is 18.8. The van der Waals surface area contributed by atoms with Crippen LogP contribution in [0, 0.1) is 16.2 Å². The molecule has 0 amide bonds. The molecule has 0 N–H and O–H groups in total. The van der Waals surface area contributed by atoms with Gasteiger partial charge in [-0.3, -0.25) is 0 Å². The minimum absolute atomic E-state index is 0.0362. The maximum absolute atomic E-state index is 15.6. The monoisotopic (exact) mass is 488 g/mol. The Kier molecular flexibility index (Phi) is 6.34. The Bertz CT molecular complexity index is 573. The van der Waals surface area contributed by atoms with Crippen molar-refractivity contribution in [3.05, 3.63) is 0 Å². The highest BCUT2D eigenvalue weighted by Crippen LogP contribution is 2.65. The van der Waals surface area contributed by atoms with Crippen molar-refractivity contribution in [2.75, 3.05) is 6.26 Å². The number of hydrogen-bond acceptors (Lipinski definition) is 2. The van der Waals surface area contributed by atoms with Crippen molar-refractivity contribution in [1.29, 1.82) is 0 Å². The molecule has 0 bridgehead atoms. The largest absolute Gasteiger partial charge is 0.397 e. The van der Waals surface area contributed by atoms with Crippen molar-refractivity contribution in [2.24, 2.45) is 16.2 Å². The molecular weight excluding hydrogens is 459 g/mol. The van der Waals surface area contributed by atoms with Crippen molar-refractivity contribution in [2.45, 2.75) is 76.4 Å². The number of rotatable bonds is 6. The summed E-state index contributed by atoms with van der Waals surface area (Å²) in [4.78, 5) is 0. The molecule has 0 aliphatic heterocycles. The minimum atomic E-state index is -4.73. The summed E-state index contributed by atoms with van der Waals surface area (Å²) in [6.07, 6.45) is -3.61. The molecule has 146 valence electrons. The van der Waals surface area contributed by atoms with Gasteiger partial charge in [0.15, 0.2) is 13.5 Å². The Labute approximate surface area is 157 Å². The van der Waals surface area contributed by atoms with Crippen LogP contribution >= 0.6 is 22.6 Å². The summed E-state index contributed by atoms with van der Waals surface area (Å²) < 4.78 is 76.1. The number of hydrogen-bond donors (Lipinski definition) is 0. The van der Waals surface area contributed by atoms with Crippen LogP contribution in [0.25, 0.3) is 0 Å². The predicted octanol–water partition coefficient (Wildman–Crippen LogP) is 5.94. The van der Waals surface area contributed by atoms with E-state index in [0.717, 1.165) is 20.1 Å². The van der Waals surface area contributed by atoms with Crippen LogP contribution in [0.15, 0.2) is 0 Å². The van der Waals surface area contributed by atoms with Gasteiger partial charge in [-0.1, -0.05) is 27.7 Å². The van der Waals surface area contributed by atoms with Crippen LogP contribution in [-0.2, 0) is 9.84 Å². The lowest BCUT2D eigenvalue weighted by atomic mass is 9.57. The van der Waals surface area contributed by atoms with Gasteiger partial charge in [0.1, 0.15) is 5.41 Å². The summed E-state index contributed by atoms with van der Waals surface area (Å²) in [5.41, 5.74) is -5.07. The summed E-state index contributed by atoms with van der Waals surface area (Å²) in [6.45, 7) is 10.8. The van der Waals surface area contributed by atoms with Crippen LogP contribution in [0.3, 0.4) is 0 Å². The van der Waals surface area contributed by atoms with Crippen LogP contribution in [0.5, 0.6) is 0 Å². The lowest BCUT2D eigenvalue weighted by Gasteiger charge is -2.55. The first-order valence-corrected chi connectivity index (χ1v) is 10.6. The molecule has 0 aliphatic carbocycles. The van der Waals surface area contributed by atoms with E-state index in [-0.39, 0.29) is 6.42 Å². The number of halogens is 5. The molecule has 0 rings (SSSR count). The molecule has 24 heavy (non-hydrogen) atoms. The highest BCUT2D eigenvalue weighted by molar-refractivity contribution is 14.1. The third-order valence-electron chi connectivity index (χ3n) is 5.84. The third kappa shape index (κ3) is 3.88. The Morgan fingerprint density at radius 2 is 1.12 bits per heavy atom. The summed E-state index contributed by atoms with van der Waals surface area (Å²) in [7, 11) is -3.45. The lowest BCUT2D eigenvalue weighted by Crippen LogP contribution is -2.59. The maximum atomic E-state index is 15.6. The van der Waals surface area contributed by atoms with E-state index in [9.17, 15) is 21.6 Å². The van der Waals surface area contributed by atoms with E-state index < -0.39 is 40.7 Å². The average molecular weight is 488 g/mol. The second kappa shape index (κ2) is 6.23. The first-order chi connectivity index (χ1) is 9.96. The van der Waals surface area contributed by atoms with E-state index in [1.807, 2.05) is 0 Å². The molecular formula is C16H29F4IO2S. The molecule has 0 aromatic heterocycles. The fraction of sp³-hybridized carbons (Fsp3) is 1.00. The van der Waals surface area contributed by atoms with Crippen molar-refractivity contribution < 1.29 is 26.0 Å². The quantitative estimate of drug-likeness (QED) is 0.264. The van der Waals surface area contributed by atoms with E-state index in [1.165, 1.54) is 50.3 Å². The molecule has 2 nitrogen and oxygen atoms in total. The summed E-state index contributed by atoms with van der Waals surface area (Å²) in [5.74, 6) is 0. The standard InChI is InChI=1S/C16H29F4IO2S/c1-11(2,10-12(3,4)24(9,22)23)13(5,6)15(17,21)14(7,8)16(18,19)20/h10H2,1-9H3. The Balaban J connectivity index is 6.13. The average Bonchev–Trinajstić information content (AvgIpc) is 2.23. The Hall–Kier alpha value is 0.400. The van der Waals surface area contributed by atoms with Gasteiger partial charge in [-0.15, -0.1) is 0 Å². The van der Waals surface area contributed by atoms with Crippen molar-refractivity contribution >= 4 is 32.4 Å². The summed E-state index contributed by atoms with van der Waals surface area (Å²) in [6, 6.07) is 0. The highest BCUT2D eigenvalue weighted by atomic mass is 127. The molecule has 0 saturated carbocycles. The Morgan fingerprint density at radius 3 is 1.38 bits per heavy atom. The molecule has 0 aromatic rings. The molecule has 0 aromatic carbocycles. The van der Waals surface area contributed by atoms with Crippen molar-refractivity contribution in [3.63, 3.8) is 0 Å². The fourth-order valence-electron chi connectivity index (χ4n) is 2.80. The molecule has 0 heterocycles. The summed E-state index contributed by atoms with van der Waals surface area (Å²) >= 11 is 1.25. The third-order valence-corrected chi connectivity index (χ3v) is 10.7. The van der Waals surface area contributed by atoms with Crippen molar-refractivity contribution in [3.8, 4) is 0 Å². The molecule has 0 fully saturated rings. The van der Waals surface area contributed by atoms with Gasteiger partial charge in [0.05, 0.1) is 4.75 Å². The topological polar surface area (TPSA) is 34.1 Å². The van der Waals surface area contributed by atoms with E-state index in [2.05, 4.69) is 0 Å². The van der Waals surface area contributed by atoms with Crippen LogP contribution in [0.1, 0.15) is 61.8 Å².